The van der Waals surface area contributed by atoms with Crippen molar-refractivity contribution in [1.29, 1.82) is 0 Å². The second kappa shape index (κ2) is 3.48. The normalized spacial score (nSPS) is 30.4. The molecular formula is C14H18O. The van der Waals surface area contributed by atoms with Crippen molar-refractivity contribution in [3.05, 3.63) is 35.5 Å². The Kier molecular flexibility index (Phi) is 2.41. The summed E-state index contributed by atoms with van der Waals surface area (Å²) in [6.45, 7) is 8.28. The van der Waals surface area contributed by atoms with Crippen molar-refractivity contribution < 1.29 is 4.79 Å². The summed E-state index contributed by atoms with van der Waals surface area (Å²) in [7, 11) is 0. The lowest BCUT2D eigenvalue weighted by atomic mass is 9.78. The van der Waals surface area contributed by atoms with Crippen molar-refractivity contribution in [2.75, 3.05) is 0 Å². The quantitative estimate of drug-likeness (QED) is 0.635. The number of carbonyl (C=O) groups is 1. The summed E-state index contributed by atoms with van der Waals surface area (Å²) in [5.41, 5.74) is 3.73. The molecule has 0 amide bonds. The summed E-state index contributed by atoms with van der Waals surface area (Å²) >= 11 is 0. The lowest BCUT2D eigenvalue weighted by Gasteiger charge is -2.26. The molecule has 0 bridgehead atoms. The third-order valence-electron chi connectivity index (χ3n) is 3.61. The van der Waals surface area contributed by atoms with Crippen LogP contribution in [0.25, 0.3) is 0 Å². The highest BCUT2D eigenvalue weighted by atomic mass is 16.1. The molecule has 1 atom stereocenters. The molecule has 0 N–H and O–H groups in total. The van der Waals surface area contributed by atoms with Gasteiger partial charge in [0.15, 0.2) is 5.78 Å². The van der Waals surface area contributed by atoms with Gasteiger partial charge in [-0.3, -0.25) is 4.79 Å². The van der Waals surface area contributed by atoms with Crippen LogP contribution >= 0.6 is 0 Å². The molecule has 2 aliphatic carbocycles. The molecule has 0 unspecified atom stereocenters. The fourth-order valence-corrected chi connectivity index (χ4v) is 2.65. The maximum atomic E-state index is 11.6. The van der Waals surface area contributed by atoms with Crippen molar-refractivity contribution in [1.82, 2.24) is 0 Å². The minimum absolute atomic E-state index is 0.195. The number of ketones is 1. The van der Waals surface area contributed by atoms with Crippen molar-refractivity contribution in [2.24, 2.45) is 5.41 Å². The molecule has 80 valence electrons. The number of allylic oxidation sites excluding steroid dienone is 5. The Morgan fingerprint density at radius 1 is 1.53 bits per heavy atom. The molecule has 0 aliphatic heterocycles. The second-order valence-corrected chi connectivity index (χ2v) is 5.04. The van der Waals surface area contributed by atoms with E-state index in [1.807, 2.05) is 13.0 Å². The molecule has 0 fully saturated rings. The molecule has 15 heavy (non-hydrogen) atoms. The van der Waals surface area contributed by atoms with Gasteiger partial charge in [-0.1, -0.05) is 25.2 Å². The Morgan fingerprint density at radius 2 is 2.27 bits per heavy atom. The number of fused-ring (bicyclic) bond motifs is 1. The lowest BCUT2D eigenvalue weighted by molar-refractivity contribution is -0.114. The first-order chi connectivity index (χ1) is 7.03. The summed E-state index contributed by atoms with van der Waals surface area (Å²) in [5.74, 6) is 0.280. The number of carbonyl (C=O) groups excluding carboxylic acids is 1. The van der Waals surface area contributed by atoms with E-state index in [0.29, 0.717) is 6.42 Å². The van der Waals surface area contributed by atoms with Gasteiger partial charge in [-0.15, -0.1) is 0 Å². The van der Waals surface area contributed by atoms with Crippen LogP contribution in [0.15, 0.2) is 35.5 Å². The van der Waals surface area contributed by atoms with Crippen LogP contribution in [0.3, 0.4) is 0 Å². The molecule has 1 nitrogen and oxygen atoms in total. The van der Waals surface area contributed by atoms with E-state index >= 15 is 0 Å². The fourth-order valence-electron chi connectivity index (χ4n) is 2.65. The third kappa shape index (κ3) is 1.71. The van der Waals surface area contributed by atoms with E-state index in [9.17, 15) is 4.79 Å². The maximum Gasteiger partial charge on any atom is 0.156 e. The van der Waals surface area contributed by atoms with Gasteiger partial charge in [-0.05, 0) is 48.8 Å². The van der Waals surface area contributed by atoms with Crippen molar-refractivity contribution in [3.8, 4) is 0 Å². The Labute approximate surface area is 91.6 Å². The molecule has 0 spiro atoms. The average Bonchev–Trinajstić information content (AvgIpc) is 2.37. The van der Waals surface area contributed by atoms with Gasteiger partial charge in [0.25, 0.3) is 0 Å². The van der Waals surface area contributed by atoms with Crippen molar-refractivity contribution >= 4 is 5.78 Å². The van der Waals surface area contributed by atoms with E-state index in [0.717, 1.165) is 24.8 Å². The van der Waals surface area contributed by atoms with Crippen LogP contribution < -0.4 is 0 Å². The standard InChI is InChI=1S/C14H18O/c1-10(2)12-6-8-14(3)7-4-5-11(15)9-13(12)14/h6,9H,1,4-5,7-8H2,2-3H3/t14-/m0/s1. The first-order valence-electron chi connectivity index (χ1n) is 5.64. The zero-order chi connectivity index (χ0) is 11.1. The predicted octanol–water partition coefficient (Wildman–Crippen LogP) is 3.58. The SMILES string of the molecule is C=C(C)C1=CC[C@]2(C)CCCC(=O)C=C12. The molecular weight excluding hydrogens is 184 g/mol. The van der Waals surface area contributed by atoms with E-state index in [4.69, 9.17) is 0 Å². The molecule has 2 rings (SSSR count). The monoisotopic (exact) mass is 202 g/mol. The Balaban J connectivity index is 2.44. The number of hydrogen-bond donors (Lipinski definition) is 0. The van der Waals surface area contributed by atoms with E-state index < -0.39 is 0 Å². The van der Waals surface area contributed by atoms with E-state index in [2.05, 4.69) is 19.6 Å². The van der Waals surface area contributed by atoms with Crippen molar-refractivity contribution in [3.63, 3.8) is 0 Å². The molecule has 0 saturated heterocycles. The number of rotatable bonds is 1. The van der Waals surface area contributed by atoms with E-state index in [-0.39, 0.29) is 11.2 Å². The molecule has 0 aromatic rings. The highest BCUT2D eigenvalue weighted by Crippen LogP contribution is 2.48. The van der Waals surface area contributed by atoms with Gasteiger partial charge in [0.2, 0.25) is 0 Å². The van der Waals surface area contributed by atoms with Gasteiger partial charge >= 0.3 is 0 Å². The molecule has 1 heteroatoms. The zero-order valence-corrected chi connectivity index (χ0v) is 9.60. The Hall–Kier alpha value is -1.11. The van der Waals surface area contributed by atoms with E-state index in [1.165, 1.54) is 11.1 Å². The van der Waals surface area contributed by atoms with E-state index in [1.54, 1.807) is 0 Å². The van der Waals surface area contributed by atoms with Crippen molar-refractivity contribution in [2.45, 2.75) is 39.5 Å². The van der Waals surface area contributed by atoms with Crippen LogP contribution in [0.4, 0.5) is 0 Å². The lowest BCUT2D eigenvalue weighted by Crippen LogP contribution is -2.14. The maximum absolute atomic E-state index is 11.6. The van der Waals surface area contributed by atoms with Crippen LogP contribution in [0.5, 0.6) is 0 Å². The minimum Gasteiger partial charge on any atom is -0.295 e. The highest BCUT2D eigenvalue weighted by molar-refractivity contribution is 5.92. The Morgan fingerprint density at radius 3 is 2.93 bits per heavy atom. The highest BCUT2D eigenvalue weighted by Gasteiger charge is 2.36. The smallest absolute Gasteiger partial charge is 0.156 e. The largest absolute Gasteiger partial charge is 0.295 e. The van der Waals surface area contributed by atoms with Crippen LogP contribution in [0.1, 0.15) is 39.5 Å². The minimum atomic E-state index is 0.195. The summed E-state index contributed by atoms with van der Waals surface area (Å²) in [5, 5.41) is 0. The van der Waals surface area contributed by atoms with Gasteiger partial charge in [-0.2, -0.15) is 0 Å². The average molecular weight is 202 g/mol. The molecule has 2 aliphatic rings. The van der Waals surface area contributed by atoms with Gasteiger partial charge in [0.05, 0.1) is 0 Å². The Bertz CT molecular complexity index is 384. The van der Waals surface area contributed by atoms with Gasteiger partial charge < -0.3 is 0 Å². The predicted molar refractivity (Wildman–Crippen MR) is 62.6 cm³/mol. The first-order valence-corrected chi connectivity index (χ1v) is 5.64. The van der Waals surface area contributed by atoms with Crippen LogP contribution in [-0.4, -0.2) is 5.78 Å². The fraction of sp³-hybridized carbons (Fsp3) is 0.500. The van der Waals surface area contributed by atoms with Crippen LogP contribution in [-0.2, 0) is 4.79 Å². The summed E-state index contributed by atoms with van der Waals surface area (Å²) in [6, 6.07) is 0. The third-order valence-corrected chi connectivity index (χ3v) is 3.61. The van der Waals surface area contributed by atoms with Crippen LogP contribution in [0, 0.1) is 5.41 Å². The zero-order valence-electron chi connectivity index (χ0n) is 9.60. The molecule has 0 saturated carbocycles. The first kappa shape index (κ1) is 10.4. The second-order valence-electron chi connectivity index (χ2n) is 5.04. The van der Waals surface area contributed by atoms with Gasteiger partial charge in [0, 0.05) is 6.42 Å². The molecule has 0 radical (unpaired) electrons. The molecule has 0 heterocycles. The summed E-state index contributed by atoms with van der Waals surface area (Å²) in [4.78, 5) is 11.6. The van der Waals surface area contributed by atoms with Crippen LogP contribution in [0.2, 0.25) is 0 Å². The number of hydrogen-bond acceptors (Lipinski definition) is 1. The van der Waals surface area contributed by atoms with Gasteiger partial charge in [0.1, 0.15) is 0 Å². The topological polar surface area (TPSA) is 17.1 Å². The van der Waals surface area contributed by atoms with Gasteiger partial charge in [-0.25, -0.2) is 0 Å². The summed E-state index contributed by atoms with van der Waals surface area (Å²) in [6.07, 6.45) is 8.02. The molecule has 0 aromatic carbocycles. The summed E-state index contributed by atoms with van der Waals surface area (Å²) < 4.78 is 0. The molecule has 0 aromatic heterocycles.